The average molecular weight is 359 g/mol. The molecular formula is C19H21NO4S. The van der Waals surface area contributed by atoms with Crippen LogP contribution in [-0.2, 0) is 16.6 Å². The quantitative estimate of drug-likeness (QED) is 0.712. The first kappa shape index (κ1) is 17.6. The van der Waals surface area contributed by atoms with Crippen LogP contribution in [0.1, 0.15) is 35.7 Å². The van der Waals surface area contributed by atoms with Crippen LogP contribution in [-0.4, -0.2) is 31.7 Å². The molecule has 25 heavy (non-hydrogen) atoms. The lowest BCUT2D eigenvalue weighted by Gasteiger charge is -2.22. The summed E-state index contributed by atoms with van der Waals surface area (Å²) in [7, 11) is -2.01. The van der Waals surface area contributed by atoms with Crippen LogP contribution in [0.5, 0.6) is 5.75 Å². The number of carbonyl (C=O) groups excluding carboxylic acids is 1. The van der Waals surface area contributed by atoms with Gasteiger partial charge in [0.25, 0.3) is 0 Å². The summed E-state index contributed by atoms with van der Waals surface area (Å²) in [6, 6.07) is 13.6. The van der Waals surface area contributed by atoms with Gasteiger partial charge in [-0.1, -0.05) is 24.3 Å². The number of nitrogens with zero attached hydrogens (tertiary/aromatic N) is 1. The fourth-order valence-corrected chi connectivity index (χ4v) is 4.35. The monoisotopic (exact) mass is 359 g/mol. The van der Waals surface area contributed by atoms with Gasteiger partial charge in [-0.3, -0.25) is 4.79 Å². The zero-order valence-electron chi connectivity index (χ0n) is 14.3. The molecule has 0 heterocycles. The van der Waals surface area contributed by atoms with Crippen molar-refractivity contribution in [2.45, 2.75) is 37.2 Å². The molecular weight excluding hydrogens is 338 g/mol. The van der Waals surface area contributed by atoms with Gasteiger partial charge < -0.3 is 4.74 Å². The number of benzene rings is 2. The maximum atomic E-state index is 13.0. The highest BCUT2D eigenvalue weighted by molar-refractivity contribution is 7.89. The minimum absolute atomic E-state index is 0.0413. The van der Waals surface area contributed by atoms with E-state index in [9.17, 15) is 13.2 Å². The molecule has 2 aromatic carbocycles. The van der Waals surface area contributed by atoms with Crippen molar-refractivity contribution < 1.29 is 17.9 Å². The van der Waals surface area contributed by atoms with E-state index in [0.29, 0.717) is 12.1 Å². The van der Waals surface area contributed by atoms with Gasteiger partial charge in [0.2, 0.25) is 10.0 Å². The minimum atomic E-state index is -3.60. The van der Waals surface area contributed by atoms with Gasteiger partial charge in [0, 0.05) is 18.2 Å². The number of hydrogen-bond donors (Lipinski definition) is 0. The molecule has 0 spiro atoms. The maximum absolute atomic E-state index is 13.0. The molecule has 3 rings (SSSR count). The summed E-state index contributed by atoms with van der Waals surface area (Å²) >= 11 is 0. The van der Waals surface area contributed by atoms with Crippen molar-refractivity contribution in [2.75, 3.05) is 7.11 Å². The van der Waals surface area contributed by atoms with E-state index in [4.69, 9.17) is 4.74 Å². The van der Waals surface area contributed by atoms with Gasteiger partial charge in [-0.05, 0) is 49.6 Å². The van der Waals surface area contributed by atoms with Gasteiger partial charge >= 0.3 is 0 Å². The molecule has 0 bridgehead atoms. The van der Waals surface area contributed by atoms with Crippen LogP contribution in [0.2, 0.25) is 0 Å². The van der Waals surface area contributed by atoms with Crippen molar-refractivity contribution in [1.29, 1.82) is 0 Å². The normalized spacial score (nSPS) is 14.5. The van der Waals surface area contributed by atoms with Crippen LogP contribution in [0.4, 0.5) is 0 Å². The molecule has 0 aliphatic heterocycles. The molecule has 1 aliphatic rings. The van der Waals surface area contributed by atoms with Crippen molar-refractivity contribution in [2.24, 2.45) is 0 Å². The summed E-state index contributed by atoms with van der Waals surface area (Å²) in [6.45, 7) is 1.79. The second kappa shape index (κ2) is 6.98. The van der Waals surface area contributed by atoms with Crippen molar-refractivity contribution >= 4 is 15.8 Å². The number of ether oxygens (including phenoxy) is 1. The molecule has 1 fully saturated rings. The third-order valence-corrected chi connectivity index (χ3v) is 6.23. The molecule has 2 aromatic rings. The summed E-state index contributed by atoms with van der Waals surface area (Å²) in [4.78, 5) is 11.6. The molecule has 0 atom stereocenters. The average Bonchev–Trinajstić information content (AvgIpc) is 3.45. The van der Waals surface area contributed by atoms with E-state index in [-0.39, 0.29) is 16.7 Å². The highest BCUT2D eigenvalue weighted by atomic mass is 32.2. The van der Waals surface area contributed by atoms with E-state index in [1.165, 1.54) is 19.1 Å². The molecule has 132 valence electrons. The summed E-state index contributed by atoms with van der Waals surface area (Å²) in [5, 5.41) is 0. The first-order valence-corrected chi connectivity index (χ1v) is 9.61. The van der Waals surface area contributed by atoms with Gasteiger partial charge in [0.1, 0.15) is 5.75 Å². The first-order chi connectivity index (χ1) is 11.9. The molecule has 1 aliphatic carbocycles. The predicted octanol–water partition coefficient (Wildman–Crippen LogP) is 3.25. The lowest BCUT2D eigenvalue weighted by Crippen LogP contribution is -2.32. The first-order valence-electron chi connectivity index (χ1n) is 8.17. The van der Waals surface area contributed by atoms with Gasteiger partial charge in [-0.15, -0.1) is 0 Å². The largest absolute Gasteiger partial charge is 0.497 e. The van der Waals surface area contributed by atoms with Crippen LogP contribution >= 0.6 is 0 Å². The van der Waals surface area contributed by atoms with Crippen LogP contribution in [0.3, 0.4) is 0 Å². The number of ketones is 1. The van der Waals surface area contributed by atoms with Gasteiger partial charge in [-0.25, -0.2) is 8.42 Å². The Morgan fingerprint density at radius 1 is 1.08 bits per heavy atom. The van der Waals surface area contributed by atoms with E-state index in [1.54, 1.807) is 23.5 Å². The van der Waals surface area contributed by atoms with E-state index in [0.717, 1.165) is 24.2 Å². The number of carbonyl (C=O) groups is 1. The van der Waals surface area contributed by atoms with Crippen LogP contribution in [0, 0.1) is 0 Å². The molecule has 1 saturated carbocycles. The summed E-state index contributed by atoms with van der Waals surface area (Å²) in [6.07, 6.45) is 1.75. The third-order valence-electron chi connectivity index (χ3n) is 4.32. The van der Waals surface area contributed by atoms with Crippen molar-refractivity contribution in [3.05, 3.63) is 59.7 Å². The van der Waals surface area contributed by atoms with Gasteiger partial charge in [0.15, 0.2) is 5.78 Å². The zero-order chi connectivity index (χ0) is 18.0. The Labute approximate surface area is 148 Å². The fraction of sp³-hybridized carbons (Fsp3) is 0.316. The van der Waals surface area contributed by atoms with Crippen molar-refractivity contribution in [3.63, 3.8) is 0 Å². The third kappa shape index (κ3) is 3.91. The standard InChI is InChI=1S/C19H21NO4S/c1-14(21)16-5-11-19(12-6-16)25(22,23)20(17-7-8-17)13-15-3-9-18(24-2)10-4-15/h3-6,9-12,17H,7-8,13H2,1-2H3. The minimum Gasteiger partial charge on any atom is -0.497 e. The molecule has 0 radical (unpaired) electrons. The molecule has 0 unspecified atom stereocenters. The Bertz CT molecular complexity index is 853. The van der Waals surface area contributed by atoms with Crippen LogP contribution in [0.25, 0.3) is 0 Å². The van der Waals surface area contributed by atoms with E-state index >= 15 is 0 Å². The summed E-state index contributed by atoms with van der Waals surface area (Å²) in [5.41, 5.74) is 1.42. The van der Waals surface area contributed by atoms with E-state index in [2.05, 4.69) is 0 Å². The van der Waals surface area contributed by atoms with Crippen molar-refractivity contribution in [1.82, 2.24) is 4.31 Å². The van der Waals surface area contributed by atoms with Gasteiger partial charge in [-0.2, -0.15) is 4.31 Å². The Hall–Kier alpha value is -2.18. The molecule has 0 amide bonds. The lowest BCUT2D eigenvalue weighted by molar-refractivity contribution is 0.101. The number of methoxy groups -OCH3 is 1. The van der Waals surface area contributed by atoms with Crippen molar-refractivity contribution in [3.8, 4) is 5.75 Å². The Kier molecular flexibility index (Phi) is 4.92. The Morgan fingerprint density at radius 2 is 1.68 bits per heavy atom. The molecule has 6 heteroatoms. The van der Waals surface area contributed by atoms with E-state index in [1.807, 2.05) is 24.3 Å². The number of rotatable bonds is 7. The molecule has 0 N–H and O–H groups in total. The summed E-state index contributed by atoms with van der Waals surface area (Å²) in [5.74, 6) is 0.658. The smallest absolute Gasteiger partial charge is 0.243 e. The summed E-state index contributed by atoms with van der Waals surface area (Å²) < 4.78 is 32.8. The van der Waals surface area contributed by atoms with Crippen LogP contribution < -0.4 is 4.74 Å². The van der Waals surface area contributed by atoms with Crippen LogP contribution in [0.15, 0.2) is 53.4 Å². The number of Topliss-reactive ketones (excluding diaryl/α,β-unsaturated/α-hetero) is 1. The SMILES string of the molecule is COc1ccc(CN(C2CC2)S(=O)(=O)c2ccc(C(C)=O)cc2)cc1. The highest BCUT2D eigenvalue weighted by Gasteiger charge is 2.38. The number of sulfonamides is 1. The second-order valence-corrected chi connectivity index (χ2v) is 8.10. The highest BCUT2D eigenvalue weighted by Crippen LogP contribution is 2.33. The Morgan fingerprint density at radius 3 is 2.16 bits per heavy atom. The van der Waals surface area contributed by atoms with Gasteiger partial charge in [0.05, 0.1) is 12.0 Å². The topological polar surface area (TPSA) is 63.7 Å². The predicted molar refractivity (Wildman–Crippen MR) is 95.2 cm³/mol. The molecule has 5 nitrogen and oxygen atoms in total. The van der Waals surface area contributed by atoms with E-state index < -0.39 is 10.0 Å². The zero-order valence-corrected chi connectivity index (χ0v) is 15.1. The lowest BCUT2D eigenvalue weighted by atomic mass is 10.2. The Balaban J connectivity index is 1.86. The molecule has 0 aromatic heterocycles. The fourth-order valence-electron chi connectivity index (χ4n) is 2.68. The maximum Gasteiger partial charge on any atom is 0.243 e. The number of hydrogen-bond acceptors (Lipinski definition) is 4. The molecule has 0 saturated heterocycles. The second-order valence-electron chi connectivity index (χ2n) is 6.21.